The minimum Gasteiger partial charge on any atom is -0.379 e. The summed E-state index contributed by atoms with van der Waals surface area (Å²) >= 11 is 7.92. The van der Waals surface area contributed by atoms with Crippen LogP contribution in [0.2, 0.25) is 5.02 Å². The first kappa shape index (κ1) is 19.8. The van der Waals surface area contributed by atoms with Gasteiger partial charge in [0.25, 0.3) is 5.91 Å². The van der Waals surface area contributed by atoms with Crippen LogP contribution >= 0.6 is 22.9 Å². The molecule has 0 bridgehead atoms. The second-order valence-corrected chi connectivity index (χ2v) is 10.2. The van der Waals surface area contributed by atoms with Crippen molar-refractivity contribution < 1.29 is 17.9 Å². The summed E-state index contributed by atoms with van der Waals surface area (Å²) in [7, 11) is -3.78. The largest absolute Gasteiger partial charge is 0.379 e. The van der Waals surface area contributed by atoms with Gasteiger partial charge in [-0.15, -0.1) is 11.3 Å². The van der Waals surface area contributed by atoms with Gasteiger partial charge >= 0.3 is 0 Å². The molecule has 9 heteroatoms. The number of amides is 1. The summed E-state index contributed by atoms with van der Waals surface area (Å²) in [5.41, 5.74) is 1.50. The van der Waals surface area contributed by atoms with Crippen LogP contribution < -0.4 is 0 Å². The summed E-state index contributed by atoms with van der Waals surface area (Å²) in [6, 6.07) is 6.51. The van der Waals surface area contributed by atoms with Crippen LogP contribution in [0.1, 0.15) is 33.8 Å². The Balaban J connectivity index is 1.64. The Kier molecular flexibility index (Phi) is 5.50. The molecule has 0 radical (unpaired) electrons. The smallest absolute Gasteiger partial charge is 0.254 e. The molecule has 2 aromatic rings. The Morgan fingerprint density at radius 1 is 1.21 bits per heavy atom. The van der Waals surface area contributed by atoms with E-state index in [-0.39, 0.29) is 35.0 Å². The monoisotopic (exact) mass is 440 g/mol. The van der Waals surface area contributed by atoms with Crippen molar-refractivity contribution in [3.63, 3.8) is 0 Å². The van der Waals surface area contributed by atoms with Crippen LogP contribution in [-0.4, -0.2) is 56.4 Å². The molecule has 4 rings (SSSR count). The van der Waals surface area contributed by atoms with Gasteiger partial charge in [-0.2, -0.15) is 4.31 Å². The average Bonchev–Trinajstić information content (AvgIpc) is 3.18. The molecule has 0 saturated carbocycles. The highest BCUT2D eigenvalue weighted by Gasteiger charge is 2.32. The summed E-state index contributed by atoms with van der Waals surface area (Å²) in [4.78, 5) is 16.2. The molecule has 150 valence electrons. The lowest BCUT2D eigenvalue weighted by Crippen LogP contribution is -2.41. The number of thiophene rings is 1. The quantitative estimate of drug-likeness (QED) is 0.735. The zero-order chi connectivity index (χ0) is 19.9. The molecule has 1 amide bonds. The van der Waals surface area contributed by atoms with Crippen molar-refractivity contribution in [2.75, 3.05) is 32.8 Å². The van der Waals surface area contributed by atoms with Gasteiger partial charge in [0, 0.05) is 30.1 Å². The highest BCUT2D eigenvalue weighted by Crippen LogP contribution is 2.34. The standard InChI is InChI=1S/C19H21ClN2O4S2/c1-13-15-5-11-27-17(15)4-6-22(13)19(23)14-2-3-16(20)18(12-14)28(24,25)21-7-9-26-10-8-21/h2-3,5,11-13H,4,6-10H2,1H3. The maximum Gasteiger partial charge on any atom is 0.254 e. The molecule has 1 aromatic carbocycles. The van der Waals surface area contributed by atoms with Gasteiger partial charge in [0.05, 0.1) is 24.3 Å². The SMILES string of the molecule is CC1c2ccsc2CCN1C(=O)c1ccc(Cl)c(S(=O)(=O)N2CCOCC2)c1. The molecule has 2 aliphatic rings. The van der Waals surface area contributed by atoms with Crippen molar-refractivity contribution >= 4 is 38.9 Å². The number of hydrogen-bond donors (Lipinski definition) is 0. The lowest BCUT2D eigenvalue weighted by Gasteiger charge is -2.34. The van der Waals surface area contributed by atoms with E-state index in [1.165, 1.54) is 26.9 Å². The minimum absolute atomic E-state index is 0.0252. The number of carbonyl (C=O) groups excluding carboxylic acids is 1. The second kappa shape index (κ2) is 7.76. The molecule has 1 saturated heterocycles. The van der Waals surface area contributed by atoms with Crippen LogP contribution in [-0.2, 0) is 21.2 Å². The normalized spacial score (nSPS) is 20.8. The highest BCUT2D eigenvalue weighted by atomic mass is 35.5. The minimum atomic E-state index is -3.78. The number of hydrogen-bond acceptors (Lipinski definition) is 5. The molecule has 1 fully saturated rings. The van der Waals surface area contributed by atoms with Crippen molar-refractivity contribution in [1.29, 1.82) is 0 Å². The molecule has 0 aliphatic carbocycles. The summed E-state index contributed by atoms with van der Waals surface area (Å²) in [5.74, 6) is -0.181. The molecular weight excluding hydrogens is 420 g/mol. The van der Waals surface area contributed by atoms with Crippen LogP contribution in [0.25, 0.3) is 0 Å². The van der Waals surface area contributed by atoms with Crippen LogP contribution in [0.15, 0.2) is 34.5 Å². The summed E-state index contributed by atoms with van der Waals surface area (Å²) in [6.07, 6.45) is 0.815. The molecule has 0 spiro atoms. The van der Waals surface area contributed by atoms with Crippen molar-refractivity contribution in [3.05, 3.63) is 50.7 Å². The van der Waals surface area contributed by atoms with E-state index in [0.29, 0.717) is 25.3 Å². The molecule has 1 aromatic heterocycles. The van der Waals surface area contributed by atoms with Gasteiger partial charge in [-0.05, 0) is 48.6 Å². The Bertz CT molecular complexity index is 999. The lowest BCUT2D eigenvalue weighted by molar-refractivity contribution is 0.0678. The highest BCUT2D eigenvalue weighted by molar-refractivity contribution is 7.89. The van der Waals surface area contributed by atoms with Gasteiger partial charge in [-0.3, -0.25) is 4.79 Å². The fraction of sp³-hybridized carbons (Fsp3) is 0.421. The number of morpholine rings is 1. The van der Waals surface area contributed by atoms with Crippen molar-refractivity contribution in [2.24, 2.45) is 0 Å². The first-order valence-electron chi connectivity index (χ1n) is 9.14. The van der Waals surface area contributed by atoms with Gasteiger partial charge < -0.3 is 9.64 Å². The van der Waals surface area contributed by atoms with E-state index in [4.69, 9.17) is 16.3 Å². The number of fused-ring (bicyclic) bond motifs is 1. The number of sulfonamides is 1. The maximum absolute atomic E-state index is 13.2. The Morgan fingerprint density at radius 3 is 2.71 bits per heavy atom. The van der Waals surface area contributed by atoms with E-state index in [9.17, 15) is 13.2 Å². The lowest BCUT2D eigenvalue weighted by atomic mass is 10.0. The third-order valence-electron chi connectivity index (χ3n) is 5.30. The van der Waals surface area contributed by atoms with E-state index in [2.05, 4.69) is 6.07 Å². The maximum atomic E-state index is 13.2. The first-order valence-corrected chi connectivity index (χ1v) is 11.8. The van der Waals surface area contributed by atoms with Gasteiger partial charge in [0.2, 0.25) is 10.0 Å². The summed E-state index contributed by atoms with van der Waals surface area (Å²) < 4.78 is 32.6. The Morgan fingerprint density at radius 2 is 1.96 bits per heavy atom. The molecule has 6 nitrogen and oxygen atoms in total. The number of carbonyl (C=O) groups is 1. The third kappa shape index (κ3) is 3.48. The zero-order valence-corrected chi connectivity index (χ0v) is 17.8. The van der Waals surface area contributed by atoms with E-state index in [1.807, 2.05) is 12.3 Å². The van der Waals surface area contributed by atoms with Crippen LogP contribution in [0.5, 0.6) is 0 Å². The fourth-order valence-corrected chi connectivity index (χ4v) is 6.58. The van der Waals surface area contributed by atoms with Crippen LogP contribution in [0, 0.1) is 0 Å². The first-order chi connectivity index (χ1) is 13.4. The molecule has 2 aliphatic heterocycles. The summed E-state index contributed by atoms with van der Waals surface area (Å²) in [5, 5.41) is 2.17. The van der Waals surface area contributed by atoms with Gasteiger partial charge in [0.1, 0.15) is 4.90 Å². The van der Waals surface area contributed by atoms with Crippen molar-refractivity contribution in [2.45, 2.75) is 24.3 Å². The van der Waals surface area contributed by atoms with Crippen LogP contribution in [0.3, 0.4) is 0 Å². The van der Waals surface area contributed by atoms with Crippen molar-refractivity contribution in [1.82, 2.24) is 9.21 Å². The summed E-state index contributed by atoms with van der Waals surface area (Å²) in [6.45, 7) is 3.88. The number of nitrogens with zero attached hydrogens (tertiary/aromatic N) is 2. The average molecular weight is 441 g/mol. The molecular formula is C19H21ClN2O4S2. The van der Waals surface area contributed by atoms with E-state index >= 15 is 0 Å². The van der Waals surface area contributed by atoms with Gasteiger partial charge in [-0.1, -0.05) is 11.6 Å². The van der Waals surface area contributed by atoms with Gasteiger partial charge in [0.15, 0.2) is 0 Å². The second-order valence-electron chi connectivity index (χ2n) is 6.89. The number of halogens is 1. The zero-order valence-electron chi connectivity index (χ0n) is 15.4. The molecule has 1 atom stereocenters. The van der Waals surface area contributed by atoms with Crippen molar-refractivity contribution in [3.8, 4) is 0 Å². The third-order valence-corrected chi connectivity index (χ3v) is 8.68. The van der Waals surface area contributed by atoms with E-state index in [1.54, 1.807) is 22.3 Å². The Hall–Kier alpha value is -1.45. The van der Waals surface area contributed by atoms with Crippen LogP contribution in [0.4, 0.5) is 0 Å². The number of ether oxygens (including phenoxy) is 1. The molecule has 0 N–H and O–H groups in total. The predicted octanol–water partition coefficient (Wildman–Crippen LogP) is 3.18. The van der Waals surface area contributed by atoms with E-state index in [0.717, 1.165) is 6.42 Å². The topological polar surface area (TPSA) is 66.9 Å². The number of benzene rings is 1. The molecule has 1 unspecified atom stereocenters. The molecule has 28 heavy (non-hydrogen) atoms. The predicted molar refractivity (Wildman–Crippen MR) is 109 cm³/mol. The number of rotatable bonds is 3. The Labute approximate surface area is 173 Å². The van der Waals surface area contributed by atoms with E-state index < -0.39 is 10.0 Å². The fourth-order valence-electron chi connectivity index (χ4n) is 3.71. The van der Waals surface area contributed by atoms with Gasteiger partial charge in [-0.25, -0.2) is 8.42 Å². The molecule has 3 heterocycles.